The predicted octanol–water partition coefficient (Wildman–Crippen LogP) is 6.19. The van der Waals surface area contributed by atoms with Gasteiger partial charge in [-0.15, -0.1) is 0 Å². The molecule has 36 heavy (non-hydrogen) atoms. The van der Waals surface area contributed by atoms with E-state index in [-0.39, 0.29) is 17.4 Å². The quantitative estimate of drug-likeness (QED) is 0.283. The van der Waals surface area contributed by atoms with Gasteiger partial charge in [-0.3, -0.25) is 9.78 Å². The maximum absolute atomic E-state index is 13.9. The van der Waals surface area contributed by atoms with Gasteiger partial charge in [0.2, 0.25) is 10.0 Å². The highest BCUT2D eigenvalue weighted by Gasteiger charge is 2.40. The lowest BCUT2D eigenvalue weighted by molar-refractivity contribution is -0.161. The van der Waals surface area contributed by atoms with Gasteiger partial charge < -0.3 is 9.47 Å². The average Bonchev–Trinajstić information content (AvgIpc) is 2.80. The van der Waals surface area contributed by atoms with Gasteiger partial charge in [-0.25, -0.2) is 8.42 Å². The van der Waals surface area contributed by atoms with Crippen molar-refractivity contribution >= 4 is 31.9 Å². The number of esters is 1. The number of carbonyl (C=O) groups excluding carboxylic acids is 1. The topological polar surface area (TPSA) is 85.8 Å². The second-order valence-electron chi connectivity index (χ2n) is 9.66. The summed E-state index contributed by atoms with van der Waals surface area (Å²) in [6.07, 6.45) is 3.20. The van der Waals surface area contributed by atoms with Crippen LogP contribution in [0.3, 0.4) is 0 Å². The molecule has 0 aliphatic heterocycles. The molecule has 0 aliphatic rings. The minimum absolute atomic E-state index is 0.0323. The van der Waals surface area contributed by atoms with E-state index in [2.05, 4.69) is 20.9 Å². The van der Waals surface area contributed by atoms with Crippen LogP contribution in [0.25, 0.3) is 0 Å². The van der Waals surface area contributed by atoms with Crippen LogP contribution < -0.4 is 4.74 Å². The lowest BCUT2D eigenvalue weighted by atomic mass is 10.0. The molecule has 0 saturated carbocycles. The van der Waals surface area contributed by atoms with E-state index in [1.807, 2.05) is 12.1 Å². The Bertz CT molecular complexity index is 1260. The molecule has 0 saturated heterocycles. The van der Waals surface area contributed by atoms with Crippen LogP contribution in [0.1, 0.15) is 40.2 Å². The third kappa shape index (κ3) is 7.38. The molecule has 2 aromatic carbocycles. The van der Waals surface area contributed by atoms with E-state index in [4.69, 9.17) is 9.47 Å². The number of carbonyl (C=O) groups is 1. The minimum atomic E-state index is -4.10. The normalized spacial score (nSPS) is 13.0. The van der Waals surface area contributed by atoms with Gasteiger partial charge in [0.15, 0.2) is 0 Å². The summed E-state index contributed by atoms with van der Waals surface area (Å²) in [5.41, 5.74) is -0.106. The van der Waals surface area contributed by atoms with E-state index >= 15 is 0 Å². The summed E-state index contributed by atoms with van der Waals surface area (Å²) in [6.45, 7) is 8.84. The first-order valence-electron chi connectivity index (χ1n) is 11.5. The fraction of sp³-hybridized carbons (Fsp3) is 0.333. The predicted molar refractivity (Wildman–Crippen MR) is 142 cm³/mol. The Kier molecular flexibility index (Phi) is 8.92. The van der Waals surface area contributed by atoms with Gasteiger partial charge in [0.1, 0.15) is 23.1 Å². The third-order valence-corrected chi connectivity index (χ3v) is 7.50. The summed E-state index contributed by atoms with van der Waals surface area (Å²) in [7, 11) is -4.10. The fourth-order valence-corrected chi connectivity index (χ4v) is 5.51. The van der Waals surface area contributed by atoms with Crippen molar-refractivity contribution in [3.63, 3.8) is 0 Å². The van der Waals surface area contributed by atoms with Gasteiger partial charge in [0.05, 0.1) is 4.90 Å². The number of nitrogens with zero attached hydrogens (tertiary/aromatic N) is 2. The largest absolute Gasteiger partial charge is 0.459 e. The fourth-order valence-electron chi connectivity index (χ4n) is 3.54. The number of pyridine rings is 1. The second-order valence-corrected chi connectivity index (χ2v) is 12.5. The molecule has 0 amide bonds. The molecule has 192 valence electrons. The summed E-state index contributed by atoms with van der Waals surface area (Å²) >= 11 is 3.38. The molecule has 0 spiro atoms. The SMILES string of the molecule is CC(C)[C@H](C(=O)OC(C)(C)C)N(Cc1cccnc1)S(=O)(=O)c1ccc(Oc2ccc(Br)cc2)cc1. The standard InChI is InChI=1S/C27H31BrN2O5S/c1-19(2)25(26(31)35-27(3,4)5)30(18-20-7-6-16-29-17-20)36(32,33)24-14-12-23(13-15-24)34-22-10-8-21(28)9-11-22/h6-17,19,25H,18H2,1-5H3/t25-/m1/s1. The smallest absolute Gasteiger partial charge is 0.325 e. The molecule has 0 bridgehead atoms. The summed E-state index contributed by atoms with van der Waals surface area (Å²) in [5, 5.41) is 0. The Hall–Kier alpha value is -2.75. The van der Waals surface area contributed by atoms with E-state index in [0.717, 1.165) is 4.47 Å². The maximum atomic E-state index is 13.9. The summed E-state index contributed by atoms with van der Waals surface area (Å²) in [4.78, 5) is 17.4. The molecule has 9 heteroatoms. The van der Waals surface area contributed by atoms with Crippen LogP contribution in [0.4, 0.5) is 0 Å². The summed E-state index contributed by atoms with van der Waals surface area (Å²) in [6, 6.07) is 15.9. The van der Waals surface area contributed by atoms with Gasteiger partial charge in [-0.05, 0) is 86.8 Å². The van der Waals surface area contributed by atoms with E-state index in [1.54, 1.807) is 83.4 Å². The van der Waals surface area contributed by atoms with Crippen molar-refractivity contribution in [1.29, 1.82) is 0 Å². The first-order chi connectivity index (χ1) is 16.9. The Morgan fingerprint density at radius 2 is 1.58 bits per heavy atom. The van der Waals surface area contributed by atoms with Crippen molar-refractivity contribution in [3.05, 3.63) is 83.1 Å². The number of rotatable bonds is 9. The third-order valence-electron chi connectivity index (χ3n) is 5.13. The molecule has 3 rings (SSSR count). The zero-order valence-corrected chi connectivity index (χ0v) is 23.4. The molecule has 1 aromatic heterocycles. The van der Waals surface area contributed by atoms with Gasteiger partial charge in [-0.1, -0.05) is 35.8 Å². The Labute approximate surface area is 221 Å². The number of ether oxygens (including phenoxy) is 2. The highest BCUT2D eigenvalue weighted by Crippen LogP contribution is 2.29. The van der Waals surface area contributed by atoms with Gasteiger partial charge in [0.25, 0.3) is 0 Å². The average molecular weight is 576 g/mol. The van der Waals surface area contributed by atoms with E-state index in [0.29, 0.717) is 17.1 Å². The number of sulfonamides is 1. The number of halogens is 1. The van der Waals surface area contributed by atoms with Crippen molar-refractivity contribution in [2.45, 2.75) is 57.7 Å². The van der Waals surface area contributed by atoms with Crippen LogP contribution in [0.15, 0.2) is 82.4 Å². The van der Waals surface area contributed by atoms with Crippen LogP contribution in [-0.4, -0.2) is 35.3 Å². The van der Waals surface area contributed by atoms with Gasteiger partial charge >= 0.3 is 5.97 Å². The van der Waals surface area contributed by atoms with Gasteiger partial charge in [-0.2, -0.15) is 4.31 Å². The van der Waals surface area contributed by atoms with Crippen LogP contribution in [0.5, 0.6) is 11.5 Å². The summed E-state index contributed by atoms with van der Waals surface area (Å²) < 4.78 is 41.4. The van der Waals surface area contributed by atoms with E-state index in [9.17, 15) is 13.2 Å². The molecular formula is C27H31BrN2O5S. The molecular weight excluding hydrogens is 544 g/mol. The number of aromatic nitrogens is 1. The second kappa shape index (κ2) is 11.5. The van der Waals surface area contributed by atoms with Crippen LogP contribution in [-0.2, 0) is 26.1 Å². The first kappa shape index (κ1) is 27.8. The van der Waals surface area contributed by atoms with Crippen molar-refractivity contribution in [2.24, 2.45) is 5.92 Å². The lowest BCUT2D eigenvalue weighted by Crippen LogP contribution is -2.49. The van der Waals surface area contributed by atoms with Gasteiger partial charge in [0, 0.05) is 23.4 Å². The molecule has 0 unspecified atom stereocenters. The highest BCUT2D eigenvalue weighted by atomic mass is 79.9. The van der Waals surface area contributed by atoms with E-state index < -0.39 is 27.6 Å². The van der Waals surface area contributed by atoms with Crippen molar-refractivity contribution in [3.8, 4) is 11.5 Å². The Balaban J connectivity index is 1.97. The van der Waals surface area contributed by atoms with Crippen molar-refractivity contribution in [2.75, 3.05) is 0 Å². The minimum Gasteiger partial charge on any atom is -0.459 e. The lowest BCUT2D eigenvalue weighted by Gasteiger charge is -2.34. The number of benzene rings is 2. The zero-order chi connectivity index (χ0) is 26.5. The molecule has 0 N–H and O–H groups in total. The molecule has 1 atom stereocenters. The Morgan fingerprint density at radius 1 is 1.00 bits per heavy atom. The van der Waals surface area contributed by atoms with Crippen LogP contribution in [0, 0.1) is 5.92 Å². The highest BCUT2D eigenvalue weighted by molar-refractivity contribution is 9.10. The van der Waals surface area contributed by atoms with Crippen molar-refractivity contribution < 1.29 is 22.7 Å². The van der Waals surface area contributed by atoms with Crippen molar-refractivity contribution in [1.82, 2.24) is 9.29 Å². The monoisotopic (exact) mass is 574 g/mol. The van der Waals surface area contributed by atoms with Crippen LogP contribution in [0.2, 0.25) is 0 Å². The summed E-state index contributed by atoms with van der Waals surface area (Å²) in [5.74, 6) is 0.172. The number of hydrogen-bond donors (Lipinski definition) is 0. The first-order valence-corrected chi connectivity index (χ1v) is 13.8. The molecule has 3 aromatic rings. The molecule has 0 fully saturated rings. The molecule has 1 heterocycles. The maximum Gasteiger partial charge on any atom is 0.325 e. The Morgan fingerprint density at radius 3 is 2.08 bits per heavy atom. The number of hydrogen-bond acceptors (Lipinski definition) is 6. The molecule has 0 radical (unpaired) electrons. The van der Waals surface area contributed by atoms with Crippen LogP contribution >= 0.6 is 15.9 Å². The zero-order valence-electron chi connectivity index (χ0n) is 21.0. The molecule has 0 aliphatic carbocycles. The molecule has 7 nitrogen and oxygen atoms in total. The van der Waals surface area contributed by atoms with E-state index in [1.165, 1.54) is 16.4 Å².